The standard InChI is InChI=1S/C26H22BrClN2O3S2/c1-29(2)18-8-10-19(11-9-18)30-25(31)23(35-26(30)34)14-16-12-20(27)24(22(13-16)32-3)33-15-17-6-4-5-7-21(17)28/h4-14H,15H2,1-3H3/b23-14+. The first-order valence-corrected chi connectivity index (χ1v) is 13.0. The summed E-state index contributed by atoms with van der Waals surface area (Å²) in [6.07, 6.45) is 1.80. The van der Waals surface area contributed by atoms with Crippen LogP contribution in [0.2, 0.25) is 5.02 Å². The van der Waals surface area contributed by atoms with E-state index in [2.05, 4.69) is 15.9 Å². The van der Waals surface area contributed by atoms with Crippen molar-refractivity contribution < 1.29 is 14.3 Å². The van der Waals surface area contributed by atoms with Crippen LogP contribution in [0.25, 0.3) is 6.08 Å². The van der Waals surface area contributed by atoms with E-state index in [1.807, 2.05) is 79.7 Å². The highest BCUT2D eigenvalue weighted by Gasteiger charge is 2.33. The molecule has 0 aliphatic carbocycles. The Morgan fingerprint density at radius 3 is 2.51 bits per heavy atom. The topological polar surface area (TPSA) is 42.0 Å². The van der Waals surface area contributed by atoms with Gasteiger partial charge in [0.2, 0.25) is 0 Å². The second-order valence-corrected chi connectivity index (χ2v) is 10.8. The monoisotopic (exact) mass is 588 g/mol. The molecule has 9 heteroatoms. The zero-order valence-corrected chi connectivity index (χ0v) is 23.2. The average Bonchev–Trinajstić information content (AvgIpc) is 3.11. The van der Waals surface area contributed by atoms with Crippen molar-refractivity contribution in [1.29, 1.82) is 0 Å². The fraction of sp³-hybridized carbons (Fsp3) is 0.154. The lowest BCUT2D eigenvalue weighted by molar-refractivity contribution is -0.113. The van der Waals surface area contributed by atoms with Crippen LogP contribution in [-0.2, 0) is 11.4 Å². The van der Waals surface area contributed by atoms with E-state index in [1.54, 1.807) is 18.1 Å². The molecule has 1 saturated heterocycles. The van der Waals surface area contributed by atoms with Gasteiger partial charge in [0.25, 0.3) is 5.91 Å². The van der Waals surface area contributed by atoms with Gasteiger partial charge in [0.05, 0.1) is 22.2 Å². The lowest BCUT2D eigenvalue weighted by Crippen LogP contribution is -2.27. The van der Waals surface area contributed by atoms with Gasteiger partial charge in [-0.25, -0.2) is 0 Å². The average molecular weight is 590 g/mol. The van der Waals surface area contributed by atoms with E-state index in [0.29, 0.717) is 36.8 Å². The van der Waals surface area contributed by atoms with Crippen LogP contribution in [0, 0.1) is 0 Å². The van der Waals surface area contributed by atoms with E-state index in [1.165, 1.54) is 11.8 Å². The van der Waals surface area contributed by atoms with Crippen molar-refractivity contribution in [3.63, 3.8) is 0 Å². The van der Waals surface area contributed by atoms with Gasteiger partial charge in [0.1, 0.15) is 6.61 Å². The number of anilines is 2. The minimum Gasteiger partial charge on any atom is -0.493 e. The third-order valence-electron chi connectivity index (χ3n) is 5.30. The molecule has 0 atom stereocenters. The number of thioether (sulfide) groups is 1. The molecule has 0 bridgehead atoms. The normalized spacial score (nSPS) is 14.5. The van der Waals surface area contributed by atoms with E-state index >= 15 is 0 Å². The van der Waals surface area contributed by atoms with Gasteiger partial charge < -0.3 is 14.4 Å². The Kier molecular flexibility index (Phi) is 8.06. The summed E-state index contributed by atoms with van der Waals surface area (Å²) in [6.45, 7) is 0.291. The number of rotatable bonds is 7. The molecule has 1 aliphatic heterocycles. The Hall–Kier alpha value is -2.52. The molecule has 0 spiro atoms. The minimum atomic E-state index is -0.160. The number of hydrogen-bond acceptors (Lipinski definition) is 6. The van der Waals surface area contributed by atoms with Gasteiger partial charge in [-0.2, -0.15) is 0 Å². The van der Waals surface area contributed by atoms with Crippen molar-refractivity contribution in [3.05, 3.63) is 86.2 Å². The second-order valence-electron chi connectivity index (χ2n) is 7.84. The van der Waals surface area contributed by atoms with Crippen LogP contribution in [-0.4, -0.2) is 31.4 Å². The highest BCUT2D eigenvalue weighted by molar-refractivity contribution is 9.10. The number of hydrogen-bond donors (Lipinski definition) is 0. The molecule has 1 fully saturated rings. The molecule has 0 unspecified atom stereocenters. The second kappa shape index (κ2) is 11.0. The van der Waals surface area contributed by atoms with Gasteiger partial charge in [-0.1, -0.05) is 53.8 Å². The molecule has 180 valence electrons. The summed E-state index contributed by atoms with van der Waals surface area (Å²) in [4.78, 5) is 17.3. The van der Waals surface area contributed by atoms with E-state index in [-0.39, 0.29) is 5.91 Å². The predicted molar refractivity (Wildman–Crippen MR) is 153 cm³/mol. The fourth-order valence-electron chi connectivity index (χ4n) is 3.47. The van der Waals surface area contributed by atoms with Crippen LogP contribution in [0.4, 0.5) is 11.4 Å². The third kappa shape index (κ3) is 5.67. The number of nitrogens with zero attached hydrogens (tertiary/aromatic N) is 2. The van der Waals surface area contributed by atoms with Crippen molar-refractivity contribution in [2.24, 2.45) is 0 Å². The van der Waals surface area contributed by atoms with Crippen molar-refractivity contribution in [2.45, 2.75) is 6.61 Å². The number of thiocarbonyl (C=S) groups is 1. The van der Waals surface area contributed by atoms with Gasteiger partial charge in [0.15, 0.2) is 15.8 Å². The molecule has 0 radical (unpaired) electrons. The number of halogens is 2. The molecular formula is C26H22BrClN2O3S2. The minimum absolute atomic E-state index is 0.160. The van der Waals surface area contributed by atoms with Crippen LogP contribution in [0.5, 0.6) is 11.5 Å². The van der Waals surface area contributed by atoms with Gasteiger partial charge in [-0.3, -0.25) is 9.69 Å². The molecule has 0 saturated carbocycles. The molecule has 3 aromatic carbocycles. The van der Waals surface area contributed by atoms with Crippen molar-refractivity contribution in [3.8, 4) is 11.5 Å². The quantitative estimate of drug-likeness (QED) is 0.215. The molecule has 0 N–H and O–H groups in total. The maximum Gasteiger partial charge on any atom is 0.270 e. The molecule has 1 aliphatic rings. The zero-order valence-electron chi connectivity index (χ0n) is 19.2. The maximum absolute atomic E-state index is 13.2. The molecule has 1 amide bonds. The molecule has 35 heavy (non-hydrogen) atoms. The molecule has 3 aromatic rings. The Morgan fingerprint density at radius 1 is 1.14 bits per heavy atom. The summed E-state index contributed by atoms with van der Waals surface area (Å²) in [6, 6.07) is 18.9. The van der Waals surface area contributed by atoms with Crippen LogP contribution in [0.15, 0.2) is 70.0 Å². The van der Waals surface area contributed by atoms with E-state index < -0.39 is 0 Å². The Labute approximate surface area is 227 Å². The van der Waals surface area contributed by atoms with E-state index in [0.717, 1.165) is 22.5 Å². The summed E-state index contributed by atoms with van der Waals surface area (Å²) in [5.41, 5.74) is 3.43. The van der Waals surface area contributed by atoms with Crippen molar-refractivity contribution >= 4 is 79.2 Å². The lowest BCUT2D eigenvalue weighted by atomic mass is 10.1. The summed E-state index contributed by atoms with van der Waals surface area (Å²) in [5.74, 6) is 0.928. The number of benzene rings is 3. The maximum atomic E-state index is 13.2. The molecule has 5 nitrogen and oxygen atoms in total. The Morgan fingerprint density at radius 2 is 1.86 bits per heavy atom. The van der Waals surface area contributed by atoms with Gasteiger partial charge in [-0.15, -0.1) is 0 Å². The smallest absolute Gasteiger partial charge is 0.270 e. The van der Waals surface area contributed by atoms with Gasteiger partial charge >= 0.3 is 0 Å². The van der Waals surface area contributed by atoms with Crippen LogP contribution >= 0.6 is 51.5 Å². The third-order valence-corrected chi connectivity index (χ3v) is 7.56. The van der Waals surface area contributed by atoms with E-state index in [4.69, 9.17) is 33.3 Å². The largest absolute Gasteiger partial charge is 0.493 e. The highest BCUT2D eigenvalue weighted by atomic mass is 79.9. The first kappa shape index (κ1) is 25.6. The summed E-state index contributed by atoms with van der Waals surface area (Å²) >= 11 is 16.6. The predicted octanol–water partition coefficient (Wildman–Crippen LogP) is 7.16. The van der Waals surface area contributed by atoms with Crippen molar-refractivity contribution in [2.75, 3.05) is 31.0 Å². The fourth-order valence-corrected chi connectivity index (χ4v) is 5.53. The Bertz CT molecular complexity index is 1310. The highest BCUT2D eigenvalue weighted by Crippen LogP contribution is 2.40. The molecule has 4 rings (SSSR count). The van der Waals surface area contributed by atoms with E-state index in [9.17, 15) is 4.79 Å². The summed E-state index contributed by atoms with van der Waals surface area (Å²) in [7, 11) is 5.51. The number of methoxy groups -OCH3 is 1. The molecule has 0 aromatic heterocycles. The lowest BCUT2D eigenvalue weighted by Gasteiger charge is -2.17. The number of carbonyl (C=O) groups is 1. The molecular weight excluding hydrogens is 568 g/mol. The van der Waals surface area contributed by atoms with Crippen molar-refractivity contribution in [1.82, 2.24) is 0 Å². The SMILES string of the molecule is COc1cc(/C=C2/SC(=S)N(c3ccc(N(C)C)cc3)C2=O)cc(Br)c1OCc1ccccc1Cl. The van der Waals surface area contributed by atoms with Crippen LogP contribution < -0.4 is 19.3 Å². The summed E-state index contributed by atoms with van der Waals surface area (Å²) < 4.78 is 12.8. The first-order valence-electron chi connectivity index (χ1n) is 10.6. The zero-order chi connectivity index (χ0) is 25.1. The van der Waals surface area contributed by atoms with Gasteiger partial charge in [-0.05, 0) is 70.0 Å². The number of ether oxygens (including phenoxy) is 2. The number of carbonyl (C=O) groups excluding carboxylic acids is 1. The van der Waals surface area contributed by atoms with Gasteiger partial charge in [0, 0.05) is 30.4 Å². The first-order chi connectivity index (χ1) is 16.8. The number of amides is 1. The van der Waals surface area contributed by atoms with Crippen LogP contribution in [0.3, 0.4) is 0 Å². The molecule has 1 heterocycles. The Balaban J connectivity index is 1.57. The van der Waals surface area contributed by atoms with Crippen LogP contribution in [0.1, 0.15) is 11.1 Å². The summed E-state index contributed by atoms with van der Waals surface area (Å²) in [5, 5.41) is 0.637.